The van der Waals surface area contributed by atoms with E-state index in [1.54, 1.807) is 0 Å². The molecule has 1 fully saturated rings. The smallest absolute Gasteiger partial charge is 0.318 e. The van der Waals surface area contributed by atoms with Crippen LogP contribution in [-0.4, -0.2) is 29.6 Å². The molecule has 0 saturated carbocycles. The summed E-state index contributed by atoms with van der Waals surface area (Å²) in [5.41, 5.74) is 6.54. The molecule has 0 aromatic heterocycles. The average molecular weight is 326 g/mol. The summed E-state index contributed by atoms with van der Waals surface area (Å²) in [6.07, 6.45) is 0.797. The standard InChI is InChI=1S/C14H20BrN3O/c1-14(2,6-7-16)18-9-12(17-13(18)19)10-4-3-5-11(15)8-10/h3-5,8,12H,6-7,9,16H2,1-2H3,(H,17,19). The molecule has 1 saturated heterocycles. The van der Waals surface area contributed by atoms with Crippen molar-refractivity contribution in [2.24, 2.45) is 5.73 Å². The molecule has 0 bridgehead atoms. The van der Waals surface area contributed by atoms with Gasteiger partial charge in [0, 0.05) is 16.6 Å². The quantitative estimate of drug-likeness (QED) is 0.894. The summed E-state index contributed by atoms with van der Waals surface area (Å²) in [6.45, 7) is 5.38. The van der Waals surface area contributed by atoms with Crippen LogP contribution in [0.15, 0.2) is 28.7 Å². The molecular weight excluding hydrogens is 306 g/mol. The molecule has 0 radical (unpaired) electrons. The van der Waals surface area contributed by atoms with Crippen molar-refractivity contribution in [3.05, 3.63) is 34.3 Å². The Labute approximate surface area is 122 Å². The number of rotatable bonds is 4. The molecule has 1 aliphatic heterocycles. The van der Waals surface area contributed by atoms with Crippen LogP contribution in [-0.2, 0) is 0 Å². The van der Waals surface area contributed by atoms with Gasteiger partial charge in [-0.3, -0.25) is 0 Å². The van der Waals surface area contributed by atoms with E-state index in [4.69, 9.17) is 5.73 Å². The SMILES string of the molecule is CC(C)(CCN)N1CC(c2cccc(Br)c2)NC1=O. The molecule has 0 aliphatic carbocycles. The molecular formula is C14H20BrN3O. The van der Waals surface area contributed by atoms with Gasteiger partial charge in [-0.1, -0.05) is 28.1 Å². The number of nitrogens with zero attached hydrogens (tertiary/aromatic N) is 1. The summed E-state index contributed by atoms with van der Waals surface area (Å²) < 4.78 is 1.03. The van der Waals surface area contributed by atoms with E-state index in [0.717, 1.165) is 16.5 Å². The largest absolute Gasteiger partial charge is 0.330 e. The number of halogens is 1. The van der Waals surface area contributed by atoms with Gasteiger partial charge >= 0.3 is 6.03 Å². The van der Waals surface area contributed by atoms with Crippen molar-refractivity contribution < 1.29 is 4.79 Å². The van der Waals surface area contributed by atoms with Crippen molar-refractivity contribution in [3.8, 4) is 0 Å². The predicted molar refractivity (Wildman–Crippen MR) is 79.9 cm³/mol. The third kappa shape index (κ3) is 3.09. The van der Waals surface area contributed by atoms with E-state index in [-0.39, 0.29) is 17.6 Å². The minimum Gasteiger partial charge on any atom is -0.330 e. The number of nitrogens with two attached hydrogens (primary N) is 1. The van der Waals surface area contributed by atoms with Gasteiger partial charge in [0.15, 0.2) is 0 Å². The molecule has 0 spiro atoms. The highest BCUT2D eigenvalue weighted by atomic mass is 79.9. The van der Waals surface area contributed by atoms with Crippen molar-refractivity contribution in [3.63, 3.8) is 0 Å². The van der Waals surface area contributed by atoms with Gasteiger partial charge in [-0.05, 0) is 44.5 Å². The van der Waals surface area contributed by atoms with Gasteiger partial charge in [0.25, 0.3) is 0 Å². The minimum atomic E-state index is -0.209. The number of nitrogens with one attached hydrogen (secondary N) is 1. The summed E-state index contributed by atoms with van der Waals surface area (Å²) in [5, 5.41) is 3.04. The number of urea groups is 1. The second-order valence-corrected chi connectivity index (χ2v) is 6.43. The lowest BCUT2D eigenvalue weighted by Crippen LogP contribution is -2.46. The van der Waals surface area contributed by atoms with Crippen LogP contribution >= 0.6 is 15.9 Å². The molecule has 5 heteroatoms. The van der Waals surface area contributed by atoms with Gasteiger partial charge in [-0.25, -0.2) is 4.79 Å². The Morgan fingerprint density at radius 3 is 2.89 bits per heavy atom. The fraction of sp³-hybridized carbons (Fsp3) is 0.500. The number of carbonyl (C=O) groups is 1. The lowest BCUT2D eigenvalue weighted by Gasteiger charge is -2.34. The predicted octanol–water partition coefficient (Wildman–Crippen LogP) is 2.64. The van der Waals surface area contributed by atoms with Crippen molar-refractivity contribution in [2.45, 2.75) is 31.8 Å². The second-order valence-electron chi connectivity index (χ2n) is 5.52. The Balaban J connectivity index is 2.15. The fourth-order valence-electron chi connectivity index (χ4n) is 2.46. The monoisotopic (exact) mass is 325 g/mol. The Bertz CT molecular complexity index is 476. The third-order valence-electron chi connectivity index (χ3n) is 3.65. The normalized spacial score (nSPS) is 19.7. The van der Waals surface area contributed by atoms with Gasteiger partial charge in [0.2, 0.25) is 0 Å². The molecule has 3 N–H and O–H groups in total. The molecule has 2 rings (SSSR count). The molecule has 1 aromatic rings. The number of hydrogen-bond donors (Lipinski definition) is 2. The van der Waals surface area contributed by atoms with Crippen molar-refractivity contribution in [1.29, 1.82) is 0 Å². The highest BCUT2D eigenvalue weighted by molar-refractivity contribution is 9.10. The van der Waals surface area contributed by atoms with E-state index in [9.17, 15) is 4.79 Å². The summed E-state index contributed by atoms with van der Waals surface area (Å²) in [5.74, 6) is 0. The first-order chi connectivity index (χ1) is 8.94. The van der Waals surface area contributed by atoms with E-state index < -0.39 is 0 Å². The first-order valence-corrected chi connectivity index (χ1v) is 7.27. The van der Waals surface area contributed by atoms with Gasteiger partial charge in [0.05, 0.1) is 6.04 Å². The molecule has 1 aromatic carbocycles. The third-order valence-corrected chi connectivity index (χ3v) is 4.14. The molecule has 1 heterocycles. The molecule has 4 nitrogen and oxygen atoms in total. The van der Waals surface area contributed by atoms with Crippen LogP contribution in [0.4, 0.5) is 4.79 Å². The van der Waals surface area contributed by atoms with Crippen LogP contribution in [0.2, 0.25) is 0 Å². The average Bonchev–Trinajstić information content (AvgIpc) is 2.72. The number of hydrogen-bond acceptors (Lipinski definition) is 2. The first-order valence-electron chi connectivity index (χ1n) is 6.48. The van der Waals surface area contributed by atoms with Crippen LogP contribution in [0.1, 0.15) is 31.9 Å². The molecule has 19 heavy (non-hydrogen) atoms. The van der Waals surface area contributed by atoms with Crippen LogP contribution < -0.4 is 11.1 Å². The Morgan fingerprint density at radius 1 is 1.53 bits per heavy atom. The van der Waals surface area contributed by atoms with Crippen LogP contribution in [0.5, 0.6) is 0 Å². The summed E-state index contributed by atoms with van der Waals surface area (Å²) >= 11 is 3.46. The van der Waals surface area contributed by atoms with Crippen LogP contribution in [0.25, 0.3) is 0 Å². The van der Waals surface area contributed by atoms with Crippen molar-refractivity contribution in [2.75, 3.05) is 13.1 Å². The Kier molecular flexibility index (Phi) is 4.16. The summed E-state index contributed by atoms with van der Waals surface area (Å²) in [4.78, 5) is 14.0. The van der Waals surface area contributed by atoms with E-state index in [2.05, 4.69) is 35.1 Å². The van der Waals surface area contributed by atoms with Gasteiger partial charge in [-0.2, -0.15) is 0 Å². The first kappa shape index (κ1) is 14.3. The number of carbonyl (C=O) groups excluding carboxylic acids is 1. The van der Waals surface area contributed by atoms with Crippen molar-refractivity contribution in [1.82, 2.24) is 10.2 Å². The zero-order valence-corrected chi connectivity index (χ0v) is 12.9. The highest BCUT2D eigenvalue weighted by Gasteiger charge is 2.38. The molecule has 1 atom stereocenters. The summed E-state index contributed by atoms with van der Waals surface area (Å²) in [6, 6.07) is 8.08. The molecule has 1 unspecified atom stereocenters. The van der Waals surface area contributed by atoms with Gasteiger partial charge in [-0.15, -0.1) is 0 Å². The minimum absolute atomic E-state index is 0.0107. The lowest BCUT2D eigenvalue weighted by molar-refractivity contribution is 0.153. The Hall–Kier alpha value is -1.07. The van der Waals surface area contributed by atoms with E-state index in [1.165, 1.54) is 0 Å². The maximum Gasteiger partial charge on any atom is 0.318 e. The van der Waals surface area contributed by atoms with Gasteiger partial charge < -0.3 is 16.0 Å². The fourth-order valence-corrected chi connectivity index (χ4v) is 2.88. The van der Waals surface area contributed by atoms with E-state index in [0.29, 0.717) is 13.1 Å². The maximum atomic E-state index is 12.1. The van der Waals surface area contributed by atoms with Crippen LogP contribution in [0.3, 0.4) is 0 Å². The zero-order chi connectivity index (χ0) is 14.0. The maximum absolute atomic E-state index is 12.1. The highest BCUT2D eigenvalue weighted by Crippen LogP contribution is 2.29. The topological polar surface area (TPSA) is 58.4 Å². The van der Waals surface area contributed by atoms with E-state index >= 15 is 0 Å². The van der Waals surface area contributed by atoms with E-state index in [1.807, 2.05) is 29.2 Å². The zero-order valence-electron chi connectivity index (χ0n) is 11.3. The molecule has 2 amide bonds. The lowest BCUT2D eigenvalue weighted by atomic mass is 9.98. The van der Waals surface area contributed by atoms with Gasteiger partial charge in [0.1, 0.15) is 0 Å². The Morgan fingerprint density at radius 2 is 2.26 bits per heavy atom. The molecule has 104 valence electrons. The van der Waals surface area contributed by atoms with Crippen molar-refractivity contribution >= 4 is 22.0 Å². The summed E-state index contributed by atoms with van der Waals surface area (Å²) in [7, 11) is 0. The second kappa shape index (κ2) is 5.51. The number of benzene rings is 1. The molecule has 1 aliphatic rings. The number of amides is 2. The van der Waals surface area contributed by atoms with Crippen LogP contribution in [0, 0.1) is 0 Å².